The first-order valence-electron chi connectivity index (χ1n) is 6.27. The molecule has 20 heavy (non-hydrogen) atoms. The minimum Gasteiger partial charge on any atom is -0.399 e. The molecule has 2 rings (SSSR count). The topological polar surface area (TPSA) is 77.2 Å². The number of carbonyl (C=O) groups is 1. The van der Waals surface area contributed by atoms with Crippen molar-refractivity contribution in [3.8, 4) is 11.3 Å². The van der Waals surface area contributed by atoms with E-state index in [1.165, 1.54) is 11.3 Å². The van der Waals surface area contributed by atoms with Crippen molar-refractivity contribution in [3.63, 3.8) is 0 Å². The van der Waals surface area contributed by atoms with Crippen LogP contribution in [0.3, 0.4) is 0 Å². The van der Waals surface area contributed by atoms with Crippen molar-refractivity contribution >= 4 is 28.1 Å². The summed E-state index contributed by atoms with van der Waals surface area (Å²) in [6.45, 7) is 3.81. The molecule has 1 amide bonds. The number of ether oxygens (including phenoxy) is 1. The summed E-state index contributed by atoms with van der Waals surface area (Å²) in [5.74, 6) is -0.197. The third kappa shape index (κ3) is 4.04. The lowest BCUT2D eigenvalue weighted by atomic mass is 10.1. The first kappa shape index (κ1) is 14.5. The highest BCUT2D eigenvalue weighted by Crippen LogP contribution is 2.25. The smallest absolute Gasteiger partial charge is 0.252 e. The molecule has 5 nitrogen and oxygen atoms in total. The van der Waals surface area contributed by atoms with Crippen molar-refractivity contribution < 1.29 is 9.53 Å². The Morgan fingerprint density at radius 3 is 2.75 bits per heavy atom. The van der Waals surface area contributed by atoms with Crippen LogP contribution < -0.4 is 11.1 Å². The molecule has 0 spiro atoms. The number of thiazole rings is 1. The number of nitrogens with zero attached hydrogens (tertiary/aromatic N) is 1. The van der Waals surface area contributed by atoms with Gasteiger partial charge in [-0.3, -0.25) is 10.1 Å². The Morgan fingerprint density at radius 2 is 2.10 bits per heavy atom. The Kier molecular flexibility index (Phi) is 4.70. The summed E-state index contributed by atoms with van der Waals surface area (Å²) in [5, 5.41) is 5.17. The third-order valence-electron chi connectivity index (χ3n) is 2.50. The predicted molar refractivity (Wildman–Crippen MR) is 81.7 cm³/mol. The molecule has 0 saturated carbocycles. The highest BCUT2D eigenvalue weighted by Gasteiger charge is 2.08. The molecule has 0 atom stereocenters. The lowest BCUT2D eigenvalue weighted by Crippen LogP contribution is -2.20. The van der Waals surface area contributed by atoms with Crippen molar-refractivity contribution in [3.05, 3.63) is 29.6 Å². The molecule has 0 saturated heterocycles. The Bertz CT molecular complexity index is 578. The van der Waals surface area contributed by atoms with Crippen molar-refractivity contribution in [2.24, 2.45) is 0 Å². The third-order valence-corrected chi connectivity index (χ3v) is 3.26. The molecule has 1 heterocycles. The minimum atomic E-state index is -0.197. The molecule has 1 aromatic heterocycles. The van der Waals surface area contributed by atoms with Crippen LogP contribution in [-0.4, -0.2) is 23.6 Å². The van der Waals surface area contributed by atoms with Gasteiger partial charge in [-0.15, -0.1) is 11.3 Å². The number of nitrogens with one attached hydrogen (secondary N) is 1. The van der Waals surface area contributed by atoms with E-state index >= 15 is 0 Å². The van der Waals surface area contributed by atoms with Crippen LogP contribution in [-0.2, 0) is 9.53 Å². The van der Waals surface area contributed by atoms with Gasteiger partial charge in [0.25, 0.3) is 5.91 Å². The first-order valence-corrected chi connectivity index (χ1v) is 7.15. The maximum Gasteiger partial charge on any atom is 0.252 e. The minimum absolute atomic E-state index is 0.0300. The van der Waals surface area contributed by atoms with Crippen LogP contribution in [0, 0.1) is 0 Å². The zero-order chi connectivity index (χ0) is 14.5. The van der Waals surface area contributed by atoms with E-state index in [0.29, 0.717) is 10.8 Å². The molecule has 6 heteroatoms. The number of anilines is 2. The van der Waals surface area contributed by atoms with Crippen molar-refractivity contribution in [1.29, 1.82) is 0 Å². The van der Waals surface area contributed by atoms with Crippen LogP contribution in [0.1, 0.15) is 13.8 Å². The highest BCUT2D eigenvalue weighted by molar-refractivity contribution is 7.14. The summed E-state index contributed by atoms with van der Waals surface area (Å²) in [6.07, 6.45) is 0.0300. The average molecular weight is 291 g/mol. The van der Waals surface area contributed by atoms with E-state index in [4.69, 9.17) is 10.5 Å². The lowest BCUT2D eigenvalue weighted by Gasteiger charge is -2.06. The number of hydrogen-bond donors (Lipinski definition) is 2. The molecular formula is C14H17N3O2S. The van der Waals surface area contributed by atoms with Gasteiger partial charge in [0.1, 0.15) is 6.61 Å². The van der Waals surface area contributed by atoms with Gasteiger partial charge < -0.3 is 10.5 Å². The van der Waals surface area contributed by atoms with E-state index in [1.54, 1.807) is 0 Å². The van der Waals surface area contributed by atoms with Gasteiger partial charge in [-0.1, -0.05) is 12.1 Å². The van der Waals surface area contributed by atoms with Crippen LogP contribution in [0.4, 0.5) is 10.8 Å². The van der Waals surface area contributed by atoms with Crippen molar-refractivity contribution in [2.75, 3.05) is 17.7 Å². The second-order valence-corrected chi connectivity index (χ2v) is 5.43. The summed E-state index contributed by atoms with van der Waals surface area (Å²) in [7, 11) is 0. The summed E-state index contributed by atoms with van der Waals surface area (Å²) >= 11 is 1.38. The van der Waals surface area contributed by atoms with Crippen LogP contribution in [0.25, 0.3) is 11.3 Å². The number of rotatable bonds is 5. The van der Waals surface area contributed by atoms with Gasteiger partial charge >= 0.3 is 0 Å². The van der Waals surface area contributed by atoms with Crippen LogP contribution in [0.5, 0.6) is 0 Å². The molecular weight excluding hydrogens is 274 g/mol. The zero-order valence-electron chi connectivity index (χ0n) is 11.4. The molecule has 0 unspecified atom stereocenters. The fourth-order valence-corrected chi connectivity index (χ4v) is 2.25. The number of aromatic nitrogens is 1. The van der Waals surface area contributed by atoms with E-state index < -0.39 is 0 Å². The van der Waals surface area contributed by atoms with Gasteiger partial charge in [-0.25, -0.2) is 4.98 Å². The molecule has 3 N–H and O–H groups in total. The van der Waals surface area contributed by atoms with E-state index in [1.807, 2.05) is 43.5 Å². The van der Waals surface area contributed by atoms with Gasteiger partial charge in [-0.2, -0.15) is 0 Å². The molecule has 0 aliphatic rings. The number of amides is 1. The number of nitrogens with two attached hydrogens (primary N) is 1. The van der Waals surface area contributed by atoms with Crippen LogP contribution in [0.15, 0.2) is 29.6 Å². The Hall–Kier alpha value is -1.92. The fourth-order valence-electron chi connectivity index (χ4n) is 1.52. The molecule has 106 valence electrons. The predicted octanol–water partition coefficient (Wildman–Crippen LogP) is 2.76. The molecule has 0 radical (unpaired) electrons. The summed E-state index contributed by atoms with van der Waals surface area (Å²) in [5.41, 5.74) is 8.14. The van der Waals surface area contributed by atoms with Gasteiger partial charge in [-0.05, 0) is 26.0 Å². The number of benzene rings is 1. The quantitative estimate of drug-likeness (QED) is 0.830. The summed E-state index contributed by atoms with van der Waals surface area (Å²) < 4.78 is 5.23. The van der Waals surface area contributed by atoms with E-state index in [9.17, 15) is 4.79 Å². The van der Waals surface area contributed by atoms with Gasteiger partial charge in [0, 0.05) is 16.6 Å². The molecule has 0 aliphatic heterocycles. The van der Waals surface area contributed by atoms with Crippen LogP contribution in [0.2, 0.25) is 0 Å². The highest BCUT2D eigenvalue weighted by atomic mass is 32.1. The van der Waals surface area contributed by atoms with E-state index in [0.717, 1.165) is 11.3 Å². The van der Waals surface area contributed by atoms with Gasteiger partial charge in [0.15, 0.2) is 5.13 Å². The lowest BCUT2D eigenvalue weighted by molar-refractivity contribution is -0.121. The van der Waals surface area contributed by atoms with E-state index in [-0.39, 0.29) is 18.6 Å². The summed E-state index contributed by atoms with van der Waals surface area (Å²) in [4.78, 5) is 16.0. The van der Waals surface area contributed by atoms with Crippen molar-refractivity contribution in [1.82, 2.24) is 4.98 Å². The first-order chi connectivity index (χ1) is 9.54. The number of hydrogen-bond acceptors (Lipinski definition) is 5. The maximum absolute atomic E-state index is 11.6. The summed E-state index contributed by atoms with van der Waals surface area (Å²) in [6, 6.07) is 7.45. The monoisotopic (exact) mass is 291 g/mol. The second-order valence-electron chi connectivity index (χ2n) is 4.57. The molecule has 0 fully saturated rings. The van der Waals surface area contributed by atoms with Gasteiger partial charge in [0.2, 0.25) is 0 Å². The standard InChI is InChI=1S/C14H17N3O2S/c1-9(2)19-7-13(18)17-14-16-12(8-20-14)10-3-5-11(15)6-4-10/h3-6,8-9H,7,15H2,1-2H3,(H,16,17,18). The maximum atomic E-state index is 11.6. The van der Waals surface area contributed by atoms with Crippen LogP contribution >= 0.6 is 11.3 Å². The molecule has 1 aromatic carbocycles. The molecule has 0 aliphatic carbocycles. The second kappa shape index (κ2) is 6.49. The molecule has 0 bridgehead atoms. The Morgan fingerprint density at radius 1 is 1.40 bits per heavy atom. The van der Waals surface area contributed by atoms with Gasteiger partial charge in [0.05, 0.1) is 11.8 Å². The fraction of sp³-hybridized carbons (Fsp3) is 0.286. The average Bonchev–Trinajstić information content (AvgIpc) is 2.85. The normalized spacial score (nSPS) is 10.8. The molecule has 2 aromatic rings. The SMILES string of the molecule is CC(C)OCC(=O)Nc1nc(-c2ccc(N)cc2)cs1. The largest absolute Gasteiger partial charge is 0.399 e. The number of carbonyl (C=O) groups excluding carboxylic acids is 1. The van der Waals surface area contributed by atoms with Crippen molar-refractivity contribution in [2.45, 2.75) is 20.0 Å². The van der Waals surface area contributed by atoms with E-state index in [2.05, 4.69) is 10.3 Å². The Labute approximate surface area is 121 Å². The zero-order valence-corrected chi connectivity index (χ0v) is 12.2. The number of nitrogen functional groups attached to an aromatic ring is 1. The Balaban J connectivity index is 1.98.